The van der Waals surface area contributed by atoms with Crippen molar-refractivity contribution in [1.29, 1.82) is 0 Å². The molecule has 86 valence electrons. The van der Waals surface area contributed by atoms with Crippen LogP contribution in [0.25, 0.3) is 0 Å². The van der Waals surface area contributed by atoms with Gasteiger partial charge in [0.05, 0.1) is 6.04 Å². The number of guanidine groups is 1. The van der Waals surface area contributed by atoms with Crippen LogP contribution < -0.4 is 11.1 Å². The van der Waals surface area contributed by atoms with Gasteiger partial charge in [0.15, 0.2) is 5.96 Å². The molecule has 0 bridgehead atoms. The number of rotatable bonds is 3. The minimum Gasteiger partial charge on any atom is -0.370 e. The van der Waals surface area contributed by atoms with Gasteiger partial charge in [-0.3, -0.25) is 0 Å². The van der Waals surface area contributed by atoms with Gasteiger partial charge in [0.25, 0.3) is 0 Å². The first kappa shape index (κ1) is 11.0. The molecule has 4 heteroatoms. The number of hydrogen-bond donors (Lipinski definition) is 2. The summed E-state index contributed by atoms with van der Waals surface area (Å²) in [6.07, 6.45) is 0.783. The number of aliphatic imine (C=N–C) groups is 1. The van der Waals surface area contributed by atoms with E-state index in [2.05, 4.69) is 22.4 Å². The molecule has 0 saturated heterocycles. The zero-order chi connectivity index (χ0) is 11.4. The van der Waals surface area contributed by atoms with Crippen LogP contribution in [-0.2, 0) is 4.74 Å². The Hall–Kier alpha value is -1.55. The summed E-state index contributed by atoms with van der Waals surface area (Å²) in [5.41, 5.74) is 6.92. The monoisotopic (exact) mass is 219 g/mol. The molecule has 0 amide bonds. The van der Waals surface area contributed by atoms with Crippen LogP contribution in [0.4, 0.5) is 0 Å². The minimum atomic E-state index is -0.0345. The molecule has 1 heterocycles. The van der Waals surface area contributed by atoms with E-state index in [4.69, 9.17) is 10.5 Å². The Morgan fingerprint density at radius 2 is 2.19 bits per heavy atom. The van der Waals surface area contributed by atoms with E-state index in [1.54, 1.807) is 0 Å². The molecular weight excluding hydrogens is 202 g/mol. The van der Waals surface area contributed by atoms with Crippen molar-refractivity contribution < 1.29 is 4.74 Å². The molecule has 2 unspecified atom stereocenters. The van der Waals surface area contributed by atoms with Gasteiger partial charge < -0.3 is 15.8 Å². The van der Waals surface area contributed by atoms with Crippen molar-refractivity contribution in [1.82, 2.24) is 5.32 Å². The molecular formula is C12H17N3O. The number of hydrogen-bond acceptors (Lipinski definition) is 4. The Morgan fingerprint density at radius 3 is 2.88 bits per heavy atom. The summed E-state index contributed by atoms with van der Waals surface area (Å²) in [5, 5.41) is 3.02. The van der Waals surface area contributed by atoms with Crippen LogP contribution in [0.5, 0.6) is 0 Å². The maximum absolute atomic E-state index is 5.74. The first-order valence-corrected chi connectivity index (χ1v) is 5.56. The van der Waals surface area contributed by atoms with Crippen LogP contribution in [0.2, 0.25) is 0 Å². The zero-order valence-corrected chi connectivity index (χ0v) is 9.39. The molecule has 3 N–H and O–H groups in total. The van der Waals surface area contributed by atoms with E-state index in [-0.39, 0.29) is 12.3 Å². The highest BCUT2D eigenvalue weighted by molar-refractivity contribution is 5.79. The van der Waals surface area contributed by atoms with Gasteiger partial charge in [-0.1, -0.05) is 30.3 Å². The fourth-order valence-corrected chi connectivity index (χ4v) is 1.88. The lowest BCUT2D eigenvalue weighted by Crippen LogP contribution is -2.45. The van der Waals surface area contributed by atoms with Crippen LogP contribution in [0, 0.1) is 0 Å². The Morgan fingerprint density at radius 1 is 1.44 bits per heavy atom. The zero-order valence-electron chi connectivity index (χ0n) is 9.39. The van der Waals surface area contributed by atoms with Crippen molar-refractivity contribution in [2.24, 2.45) is 10.7 Å². The first-order valence-electron chi connectivity index (χ1n) is 5.56. The average Bonchev–Trinajstić information content (AvgIpc) is 2.30. The summed E-state index contributed by atoms with van der Waals surface area (Å²) >= 11 is 0. The van der Waals surface area contributed by atoms with E-state index in [0.29, 0.717) is 12.6 Å². The summed E-state index contributed by atoms with van der Waals surface area (Å²) in [4.78, 5) is 4.39. The quantitative estimate of drug-likeness (QED) is 0.807. The van der Waals surface area contributed by atoms with Gasteiger partial charge in [0.2, 0.25) is 0 Å². The van der Waals surface area contributed by atoms with Gasteiger partial charge in [-0.15, -0.1) is 0 Å². The van der Waals surface area contributed by atoms with Crippen LogP contribution in [0.15, 0.2) is 35.3 Å². The number of nitrogens with two attached hydrogens (primary N) is 1. The second kappa shape index (κ2) is 4.99. The molecule has 1 aromatic carbocycles. The molecule has 0 aromatic heterocycles. The van der Waals surface area contributed by atoms with Crippen molar-refractivity contribution in [3.63, 3.8) is 0 Å². The molecule has 2 rings (SSSR count). The molecule has 16 heavy (non-hydrogen) atoms. The molecule has 0 spiro atoms. The fourth-order valence-electron chi connectivity index (χ4n) is 1.88. The molecule has 0 radical (unpaired) electrons. The van der Waals surface area contributed by atoms with Crippen LogP contribution >= 0.6 is 0 Å². The summed E-state index contributed by atoms with van der Waals surface area (Å²) < 4.78 is 5.53. The molecule has 4 nitrogen and oxygen atoms in total. The highest BCUT2D eigenvalue weighted by Gasteiger charge is 2.22. The van der Waals surface area contributed by atoms with E-state index in [9.17, 15) is 0 Å². The Bertz CT molecular complexity index is 364. The third kappa shape index (κ3) is 2.52. The highest BCUT2D eigenvalue weighted by atomic mass is 16.5. The Balaban J connectivity index is 2.13. The van der Waals surface area contributed by atoms with Crippen molar-refractivity contribution >= 4 is 5.96 Å². The fraction of sp³-hybridized carbons (Fsp3) is 0.417. The maximum atomic E-state index is 5.74. The maximum Gasteiger partial charge on any atom is 0.191 e. The Kier molecular flexibility index (Phi) is 3.41. The van der Waals surface area contributed by atoms with Gasteiger partial charge in [-0.2, -0.15) is 0 Å². The second-order valence-electron chi connectivity index (χ2n) is 3.76. The average molecular weight is 219 g/mol. The molecule has 1 aromatic rings. The molecule has 0 aliphatic carbocycles. The van der Waals surface area contributed by atoms with Crippen molar-refractivity contribution in [3.05, 3.63) is 35.9 Å². The molecule has 1 aliphatic heterocycles. The van der Waals surface area contributed by atoms with Crippen molar-refractivity contribution in [3.8, 4) is 0 Å². The lowest BCUT2D eigenvalue weighted by molar-refractivity contribution is 0.0371. The normalized spacial score (nSPS) is 24.7. The standard InChI is InChI=1S/C12H17N3O/c1-2-16-11-8-10(14-12(13)15-11)9-6-4-3-5-7-9/h3-7,10-11H,2,8H2,1H3,(H3,13,14,15). The largest absolute Gasteiger partial charge is 0.370 e. The van der Waals surface area contributed by atoms with E-state index < -0.39 is 0 Å². The van der Waals surface area contributed by atoms with Crippen molar-refractivity contribution in [2.45, 2.75) is 25.6 Å². The summed E-state index contributed by atoms with van der Waals surface area (Å²) in [6, 6.07) is 10.2. The van der Waals surface area contributed by atoms with E-state index in [1.165, 1.54) is 5.56 Å². The number of nitrogens with zero attached hydrogens (tertiary/aromatic N) is 1. The molecule has 1 aliphatic rings. The van der Waals surface area contributed by atoms with Crippen molar-refractivity contribution in [2.75, 3.05) is 6.61 Å². The minimum absolute atomic E-state index is 0.0345. The Labute approximate surface area is 95.5 Å². The van der Waals surface area contributed by atoms with E-state index in [1.807, 2.05) is 25.1 Å². The number of nitrogens with one attached hydrogen (secondary N) is 1. The number of ether oxygens (including phenoxy) is 1. The van der Waals surface area contributed by atoms with Gasteiger partial charge in [0.1, 0.15) is 6.23 Å². The SMILES string of the molecule is CCOC1CC(c2ccccc2)N=C(N)N1. The first-order chi connectivity index (χ1) is 7.79. The topological polar surface area (TPSA) is 59.6 Å². The summed E-state index contributed by atoms with van der Waals surface area (Å²) in [6.45, 7) is 2.65. The second-order valence-corrected chi connectivity index (χ2v) is 3.76. The highest BCUT2D eigenvalue weighted by Crippen LogP contribution is 2.25. The van der Waals surface area contributed by atoms with Gasteiger partial charge >= 0.3 is 0 Å². The molecule has 2 atom stereocenters. The van der Waals surface area contributed by atoms with Crippen LogP contribution in [0.3, 0.4) is 0 Å². The van der Waals surface area contributed by atoms with E-state index in [0.717, 1.165) is 6.42 Å². The molecule has 0 saturated carbocycles. The third-order valence-corrected chi connectivity index (χ3v) is 2.59. The predicted molar refractivity (Wildman–Crippen MR) is 64.0 cm³/mol. The lowest BCUT2D eigenvalue weighted by atomic mass is 10.0. The number of benzene rings is 1. The summed E-state index contributed by atoms with van der Waals surface area (Å²) in [5.74, 6) is 0.457. The van der Waals surface area contributed by atoms with Crippen LogP contribution in [-0.4, -0.2) is 18.8 Å². The van der Waals surface area contributed by atoms with Gasteiger partial charge in [-0.25, -0.2) is 4.99 Å². The summed E-state index contributed by atoms with van der Waals surface area (Å²) in [7, 11) is 0. The van der Waals surface area contributed by atoms with Gasteiger partial charge in [0, 0.05) is 13.0 Å². The smallest absolute Gasteiger partial charge is 0.191 e. The van der Waals surface area contributed by atoms with E-state index >= 15 is 0 Å². The third-order valence-electron chi connectivity index (χ3n) is 2.59. The molecule has 0 fully saturated rings. The lowest BCUT2D eigenvalue weighted by Gasteiger charge is -2.28. The van der Waals surface area contributed by atoms with Gasteiger partial charge in [-0.05, 0) is 12.5 Å². The van der Waals surface area contributed by atoms with Crippen LogP contribution in [0.1, 0.15) is 24.9 Å². The predicted octanol–water partition coefficient (Wildman–Crippen LogP) is 1.40.